The molecule has 14 heavy (non-hydrogen) atoms. The van der Waals surface area contributed by atoms with Gasteiger partial charge in [-0.1, -0.05) is 19.9 Å². The number of fused-ring (bicyclic) bond motifs is 1. The second kappa shape index (κ2) is 4.28. The molecule has 0 atom stereocenters. The summed E-state index contributed by atoms with van der Waals surface area (Å²) in [6.07, 6.45) is 0. The first-order chi connectivity index (χ1) is 5.59. The summed E-state index contributed by atoms with van der Waals surface area (Å²) >= 11 is 0. The highest BCUT2D eigenvalue weighted by molar-refractivity contribution is 5.85. The van der Waals surface area contributed by atoms with E-state index in [1.165, 1.54) is 11.3 Å². The lowest BCUT2D eigenvalue weighted by Gasteiger charge is -2.16. The standard InChI is InChI=1S/C10H14N2.2ClH/c1-10(2)6-12-9-5-7(11)3-4-8(9)10;;/h3-5,12H,6,11H2,1-2H3;2*1H. The van der Waals surface area contributed by atoms with Gasteiger partial charge in [0.05, 0.1) is 0 Å². The summed E-state index contributed by atoms with van der Waals surface area (Å²) in [7, 11) is 0. The molecule has 0 amide bonds. The molecule has 0 aromatic heterocycles. The molecule has 1 aromatic rings. The minimum atomic E-state index is 0. The average Bonchev–Trinajstić information content (AvgIpc) is 2.27. The number of benzene rings is 1. The van der Waals surface area contributed by atoms with Gasteiger partial charge in [-0.15, -0.1) is 24.8 Å². The van der Waals surface area contributed by atoms with Crippen molar-refractivity contribution < 1.29 is 0 Å². The van der Waals surface area contributed by atoms with Crippen LogP contribution in [-0.2, 0) is 5.41 Å². The molecule has 0 saturated heterocycles. The van der Waals surface area contributed by atoms with Crippen molar-refractivity contribution in [2.24, 2.45) is 0 Å². The Hall–Kier alpha value is -0.600. The van der Waals surface area contributed by atoms with Gasteiger partial charge in [0.25, 0.3) is 0 Å². The van der Waals surface area contributed by atoms with Gasteiger partial charge in [0.2, 0.25) is 0 Å². The lowest BCUT2D eigenvalue weighted by atomic mass is 9.87. The molecule has 0 aliphatic carbocycles. The summed E-state index contributed by atoms with van der Waals surface area (Å²) in [6, 6.07) is 6.09. The van der Waals surface area contributed by atoms with Crippen LogP contribution < -0.4 is 11.1 Å². The lowest BCUT2D eigenvalue weighted by molar-refractivity contribution is 0.586. The number of hydrogen-bond acceptors (Lipinski definition) is 2. The zero-order valence-corrected chi connectivity index (χ0v) is 9.97. The Balaban J connectivity index is 0.000000845. The van der Waals surface area contributed by atoms with Gasteiger partial charge in [0.15, 0.2) is 0 Å². The van der Waals surface area contributed by atoms with Gasteiger partial charge in [-0.2, -0.15) is 0 Å². The summed E-state index contributed by atoms with van der Waals surface area (Å²) in [6.45, 7) is 5.48. The zero-order valence-electron chi connectivity index (χ0n) is 8.33. The van der Waals surface area contributed by atoms with Crippen LogP contribution in [0.1, 0.15) is 19.4 Å². The Kier molecular flexibility index (Phi) is 4.10. The quantitative estimate of drug-likeness (QED) is 0.678. The number of nitrogens with one attached hydrogen (secondary N) is 1. The molecule has 1 aromatic carbocycles. The number of hydrogen-bond donors (Lipinski definition) is 2. The number of rotatable bonds is 0. The molecule has 0 unspecified atom stereocenters. The first-order valence-electron chi connectivity index (χ1n) is 4.23. The van der Waals surface area contributed by atoms with Crippen LogP contribution in [0, 0.1) is 0 Å². The number of nitrogen functional groups attached to an aromatic ring is 1. The van der Waals surface area contributed by atoms with E-state index in [0.717, 1.165) is 12.2 Å². The van der Waals surface area contributed by atoms with Crippen LogP contribution in [0.5, 0.6) is 0 Å². The predicted octanol–water partition coefficient (Wildman–Crippen LogP) is 2.82. The largest absolute Gasteiger partial charge is 0.399 e. The summed E-state index contributed by atoms with van der Waals surface area (Å²) in [5.74, 6) is 0. The summed E-state index contributed by atoms with van der Waals surface area (Å²) < 4.78 is 0. The Bertz CT molecular complexity index is 324. The molecule has 0 saturated carbocycles. The molecule has 2 nitrogen and oxygen atoms in total. The van der Waals surface area contributed by atoms with E-state index in [1.807, 2.05) is 12.1 Å². The van der Waals surface area contributed by atoms with Crippen molar-refractivity contribution in [3.05, 3.63) is 23.8 Å². The van der Waals surface area contributed by atoms with Gasteiger partial charge in [-0.25, -0.2) is 0 Å². The predicted molar refractivity (Wildman–Crippen MR) is 66.9 cm³/mol. The molecule has 4 heteroatoms. The third kappa shape index (κ3) is 2.07. The third-order valence-corrected chi connectivity index (χ3v) is 2.49. The Labute approximate surface area is 97.1 Å². The van der Waals surface area contributed by atoms with E-state index in [9.17, 15) is 0 Å². The number of nitrogens with two attached hydrogens (primary N) is 1. The minimum absolute atomic E-state index is 0. The topological polar surface area (TPSA) is 38.0 Å². The van der Waals surface area contributed by atoms with E-state index in [4.69, 9.17) is 5.73 Å². The smallest absolute Gasteiger partial charge is 0.0399 e. The van der Waals surface area contributed by atoms with Crippen molar-refractivity contribution in [3.8, 4) is 0 Å². The maximum absolute atomic E-state index is 5.68. The molecule has 80 valence electrons. The van der Waals surface area contributed by atoms with Gasteiger partial charge >= 0.3 is 0 Å². The van der Waals surface area contributed by atoms with E-state index < -0.39 is 0 Å². The molecule has 0 radical (unpaired) electrons. The van der Waals surface area contributed by atoms with Crippen molar-refractivity contribution in [2.45, 2.75) is 19.3 Å². The van der Waals surface area contributed by atoms with Crippen LogP contribution in [0.25, 0.3) is 0 Å². The van der Waals surface area contributed by atoms with E-state index >= 15 is 0 Å². The molecule has 1 aliphatic rings. The fraction of sp³-hybridized carbons (Fsp3) is 0.400. The number of halogens is 2. The van der Waals surface area contributed by atoms with Crippen LogP contribution in [0.3, 0.4) is 0 Å². The molecule has 1 aliphatic heterocycles. The maximum Gasteiger partial charge on any atom is 0.0399 e. The van der Waals surface area contributed by atoms with Crippen LogP contribution in [0.15, 0.2) is 18.2 Å². The first kappa shape index (κ1) is 13.4. The third-order valence-electron chi connectivity index (χ3n) is 2.49. The van der Waals surface area contributed by atoms with Crippen molar-refractivity contribution in [1.29, 1.82) is 0 Å². The highest BCUT2D eigenvalue weighted by Gasteiger charge is 2.29. The van der Waals surface area contributed by atoms with Crippen LogP contribution >= 0.6 is 24.8 Å². The number of anilines is 2. The lowest BCUT2D eigenvalue weighted by Crippen LogP contribution is -2.18. The monoisotopic (exact) mass is 234 g/mol. The van der Waals surface area contributed by atoms with Crippen molar-refractivity contribution in [3.63, 3.8) is 0 Å². The van der Waals surface area contributed by atoms with Crippen LogP contribution in [0.4, 0.5) is 11.4 Å². The zero-order chi connectivity index (χ0) is 8.77. The molecule has 0 bridgehead atoms. The second-order valence-corrected chi connectivity index (χ2v) is 4.04. The van der Waals surface area contributed by atoms with Gasteiger partial charge in [-0.3, -0.25) is 0 Å². The van der Waals surface area contributed by atoms with Crippen molar-refractivity contribution in [2.75, 3.05) is 17.6 Å². The fourth-order valence-electron chi connectivity index (χ4n) is 1.71. The fourth-order valence-corrected chi connectivity index (χ4v) is 1.71. The van der Waals surface area contributed by atoms with Gasteiger partial charge in [0.1, 0.15) is 0 Å². The second-order valence-electron chi connectivity index (χ2n) is 4.04. The van der Waals surface area contributed by atoms with E-state index in [1.54, 1.807) is 0 Å². The summed E-state index contributed by atoms with van der Waals surface area (Å²) in [5, 5.41) is 3.35. The Morgan fingerprint density at radius 1 is 1.29 bits per heavy atom. The minimum Gasteiger partial charge on any atom is -0.399 e. The molecular weight excluding hydrogens is 219 g/mol. The Morgan fingerprint density at radius 2 is 1.93 bits per heavy atom. The van der Waals surface area contributed by atoms with Crippen LogP contribution in [0.2, 0.25) is 0 Å². The van der Waals surface area contributed by atoms with Crippen molar-refractivity contribution in [1.82, 2.24) is 0 Å². The van der Waals surface area contributed by atoms with Gasteiger partial charge in [-0.05, 0) is 17.7 Å². The summed E-state index contributed by atoms with van der Waals surface area (Å²) in [5.41, 5.74) is 9.33. The highest BCUT2D eigenvalue weighted by Crippen LogP contribution is 2.36. The highest BCUT2D eigenvalue weighted by atomic mass is 35.5. The Morgan fingerprint density at radius 3 is 2.57 bits per heavy atom. The first-order valence-corrected chi connectivity index (χ1v) is 4.23. The van der Waals surface area contributed by atoms with E-state index in [0.29, 0.717) is 0 Å². The maximum atomic E-state index is 5.68. The average molecular weight is 235 g/mol. The molecule has 2 rings (SSSR count). The molecular formula is C10H16Cl2N2. The van der Waals surface area contributed by atoms with Crippen molar-refractivity contribution >= 4 is 36.2 Å². The molecule has 0 spiro atoms. The SMILES string of the molecule is CC1(C)CNc2cc(N)ccc21.Cl.Cl. The molecule has 1 heterocycles. The molecule has 0 fully saturated rings. The van der Waals surface area contributed by atoms with E-state index in [-0.39, 0.29) is 30.2 Å². The van der Waals surface area contributed by atoms with E-state index in [2.05, 4.69) is 25.2 Å². The summed E-state index contributed by atoms with van der Waals surface area (Å²) in [4.78, 5) is 0. The normalized spacial score (nSPS) is 15.9. The van der Waals surface area contributed by atoms with Gasteiger partial charge in [0, 0.05) is 23.3 Å². The van der Waals surface area contributed by atoms with Crippen LogP contribution in [-0.4, -0.2) is 6.54 Å². The molecule has 3 N–H and O–H groups in total. The van der Waals surface area contributed by atoms with Gasteiger partial charge < -0.3 is 11.1 Å².